The predicted molar refractivity (Wildman–Crippen MR) is 38.5 cm³/mol. The van der Waals surface area contributed by atoms with E-state index in [0.29, 0.717) is 6.08 Å². The predicted octanol–water partition coefficient (Wildman–Crippen LogP) is 1.58. The maximum Gasteiger partial charge on any atom is 0.412 e. The minimum absolute atomic E-state index is 0.569. The fraction of sp³-hybridized carbons (Fsp3) is 0.571. The lowest BCUT2D eigenvalue weighted by Gasteiger charge is -2.09. The highest BCUT2D eigenvalue weighted by atomic mass is 19.4. The normalized spacial score (nSPS) is 13.0. The smallest absolute Gasteiger partial charge is 0.345 e. The van der Waals surface area contributed by atoms with E-state index in [0.717, 1.165) is 11.8 Å². The molecule has 0 aromatic heterocycles. The van der Waals surface area contributed by atoms with E-state index in [9.17, 15) is 18.0 Å². The van der Waals surface area contributed by atoms with Gasteiger partial charge in [0.15, 0.2) is 0 Å². The Balaban J connectivity index is 4.48. The molecule has 0 aliphatic heterocycles. The van der Waals surface area contributed by atoms with E-state index >= 15 is 0 Å². The molecule has 0 fully saturated rings. The molecule has 0 aromatic carbocycles. The van der Waals surface area contributed by atoms with Gasteiger partial charge in [0.2, 0.25) is 5.91 Å². The molecule has 70 valence electrons. The Morgan fingerprint density at radius 1 is 1.33 bits per heavy atom. The largest absolute Gasteiger partial charge is 0.412 e. The summed E-state index contributed by atoms with van der Waals surface area (Å²) in [4.78, 5) is 11.8. The second-order valence-corrected chi connectivity index (χ2v) is 2.56. The lowest BCUT2D eigenvalue weighted by molar-refractivity contribution is -0.124. The summed E-state index contributed by atoms with van der Waals surface area (Å²) in [6, 6.07) is 0. The molecule has 5 heteroatoms. The molecule has 0 spiro atoms. The first-order chi connectivity index (χ1) is 5.25. The van der Waals surface area contributed by atoms with Crippen LogP contribution in [0.15, 0.2) is 11.6 Å². The van der Waals surface area contributed by atoms with E-state index in [4.69, 9.17) is 0 Å². The van der Waals surface area contributed by atoms with Crippen molar-refractivity contribution in [1.82, 2.24) is 4.90 Å². The minimum atomic E-state index is -4.41. The zero-order chi connectivity index (χ0) is 9.94. The third-order valence-electron chi connectivity index (χ3n) is 1.23. The molecule has 0 rings (SSSR count). The van der Waals surface area contributed by atoms with E-state index in [2.05, 4.69) is 0 Å². The molecule has 0 aliphatic rings. The summed E-state index contributed by atoms with van der Waals surface area (Å²) < 4.78 is 35.5. The van der Waals surface area contributed by atoms with Crippen molar-refractivity contribution in [2.24, 2.45) is 0 Å². The van der Waals surface area contributed by atoms with Crippen molar-refractivity contribution in [3.8, 4) is 0 Å². The van der Waals surface area contributed by atoms with Gasteiger partial charge < -0.3 is 4.90 Å². The number of likely N-dealkylation sites (N-methyl/N-ethyl adjacent to an activating group) is 1. The maximum atomic E-state index is 11.8. The topological polar surface area (TPSA) is 20.3 Å². The van der Waals surface area contributed by atoms with Gasteiger partial charge in [0, 0.05) is 25.7 Å². The first-order valence-electron chi connectivity index (χ1n) is 3.22. The summed E-state index contributed by atoms with van der Waals surface area (Å²) in [7, 11) is 2.78. The zero-order valence-corrected chi connectivity index (χ0v) is 7.07. The van der Waals surface area contributed by atoms with Crippen molar-refractivity contribution in [3.05, 3.63) is 11.6 Å². The Bertz CT molecular complexity index is 205. The SMILES string of the molecule is CC(=CC(=O)N(C)C)C(F)(F)F. The fourth-order valence-corrected chi connectivity index (χ4v) is 0.396. The molecule has 0 N–H and O–H groups in total. The number of carbonyl (C=O) groups excluding carboxylic acids is 1. The standard InChI is InChI=1S/C7H10F3NO/c1-5(7(8,9)10)4-6(12)11(2)3/h4H,1-3H3. The molecule has 0 aliphatic carbocycles. The molecule has 0 bridgehead atoms. The monoisotopic (exact) mass is 181 g/mol. The fourth-order valence-electron chi connectivity index (χ4n) is 0.396. The second-order valence-electron chi connectivity index (χ2n) is 2.56. The van der Waals surface area contributed by atoms with E-state index in [-0.39, 0.29) is 0 Å². The third kappa shape index (κ3) is 3.41. The highest BCUT2D eigenvalue weighted by molar-refractivity contribution is 5.87. The maximum absolute atomic E-state index is 11.8. The van der Waals surface area contributed by atoms with Crippen molar-refractivity contribution in [1.29, 1.82) is 0 Å². The van der Waals surface area contributed by atoms with Gasteiger partial charge in [-0.1, -0.05) is 0 Å². The van der Waals surface area contributed by atoms with Crippen molar-refractivity contribution in [2.75, 3.05) is 14.1 Å². The summed E-state index contributed by atoms with van der Waals surface area (Å²) in [5.74, 6) is -0.662. The Labute approximate surface area is 68.7 Å². The molecule has 12 heavy (non-hydrogen) atoms. The van der Waals surface area contributed by atoms with Crippen molar-refractivity contribution >= 4 is 5.91 Å². The lowest BCUT2D eigenvalue weighted by Crippen LogP contribution is -2.21. The number of hydrogen-bond acceptors (Lipinski definition) is 1. The molecule has 0 saturated carbocycles. The lowest BCUT2D eigenvalue weighted by atomic mass is 10.2. The Hall–Kier alpha value is -1.00. The highest BCUT2D eigenvalue weighted by Gasteiger charge is 2.30. The third-order valence-corrected chi connectivity index (χ3v) is 1.23. The molecule has 0 radical (unpaired) electrons. The molecule has 2 nitrogen and oxygen atoms in total. The van der Waals surface area contributed by atoms with E-state index < -0.39 is 17.7 Å². The number of rotatable bonds is 1. The van der Waals surface area contributed by atoms with Gasteiger partial charge >= 0.3 is 6.18 Å². The van der Waals surface area contributed by atoms with Gasteiger partial charge in [0.25, 0.3) is 0 Å². The van der Waals surface area contributed by atoms with E-state index in [1.54, 1.807) is 0 Å². The summed E-state index contributed by atoms with van der Waals surface area (Å²) >= 11 is 0. The molecule has 0 heterocycles. The van der Waals surface area contributed by atoms with Crippen LogP contribution in [0.4, 0.5) is 13.2 Å². The zero-order valence-electron chi connectivity index (χ0n) is 7.07. The summed E-state index contributed by atoms with van der Waals surface area (Å²) in [5, 5.41) is 0. The molecule has 0 atom stereocenters. The van der Waals surface area contributed by atoms with Crippen LogP contribution >= 0.6 is 0 Å². The first-order valence-corrected chi connectivity index (χ1v) is 3.22. The second kappa shape index (κ2) is 3.60. The number of nitrogens with zero attached hydrogens (tertiary/aromatic N) is 1. The molecular formula is C7H10F3NO. The summed E-state index contributed by atoms with van der Waals surface area (Å²) in [6.07, 6.45) is -3.84. The number of amides is 1. The van der Waals surface area contributed by atoms with Crippen LogP contribution < -0.4 is 0 Å². The summed E-state index contributed by atoms with van der Waals surface area (Å²) in [6.45, 7) is 0.862. The van der Waals surface area contributed by atoms with Gasteiger partial charge in [-0.2, -0.15) is 13.2 Å². The Morgan fingerprint density at radius 3 is 2.00 bits per heavy atom. The van der Waals surface area contributed by atoms with Gasteiger partial charge in [-0.3, -0.25) is 4.79 Å². The number of hydrogen-bond donors (Lipinski definition) is 0. The van der Waals surface area contributed by atoms with Crippen LogP contribution in [-0.2, 0) is 4.79 Å². The summed E-state index contributed by atoms with van der Waals surface area (Å²) in [5.41, 5.74) is -0.888. The number of alkyl halides is 3. The van der Waals surface area contributed by atoms with Crippen LogP contribution in [0.2, 0.25) is 0 Å². The number of carbonyl (C=O) groups is 1. The minimum Gasteiger partial charge on any atom is -0.345 e. The number of allylic oxidation sites excluding steroid dienone is 1. The quantitative estimate of drug-likeness (QED) is 0.562. The van der Waals surface area contributed by atoms with Crippen molar-refractivity contribution in [3.63, 3.8) is 0 Å². The van der Waals surface area contributed by atoms with E-state index in [1.165, 1.54) is 14.1 Å². The van der Waals surface area contributed by atoms with Gasteiger partial charge in [-0.05, 0) is 6.92 Å². The van der Waals surface area contributed by atoms with Crippen LogP contribution in [0.25, 0.3) is 0 Å². The van der Waals surface area contributed by atoms with Crippen LogP contribution in [-0.4, -0.2) is 31.1 Å². The van der Waals surface area contributed by atoms with Gasteiger partial charge in [0.1, 0.15) is 0 Å². The van der Waals surface area contributed by atoms with Crippen LogP contribution in [0.1, 0.15) is 6.92 Å². The molecule has 0 aromatic rings. The van der Waals surface area contributed by atoms with Crippen LogP contribution in [0, 0.1) is 0 Å². The molecule has 0 unspecified atom stereocenters. The first kappa shape index (κ1) is 11.0. The average molecular weight is 181 g/mol. The average Bonchev–Trinajstić information content (AvgIpc) is 1.85. The van der Waals surface area contributed by atoms with Crippen LogP contribution in [0.3, 0.4) is 0 Å². The Kier molecular flexibility index (Phi) is 3.30. The molecule has 0 saturated heterocycles. The van der Waals surface area contributed by atoms with E-state index in [1.807, 2.05) is 0 Å². The highest BCUT2D eigenvalue weighted by Crippen LogP contribution is 2.24. The molecular weight excluding hydrogens is 171 g/mol. The van der Waals surface area contributed by atoms with Gasteiger partial charge in [-0.15, -0.1) is 0 Å². The van der Waals surface area contributed by atoms with Gasteiger partial charge in [0.05, 0.1) is 0 Å². The van der Waals surface area contributed by atoms with Crippen LogP contribution in [0.5, 0.6) is 0 Å². The molecule has 1 amide bonds. The Morgan fingerprint density at radius 2 is 1.75 bits per heavy atom. The number of halogens is 3. The van der Waals surface area contributed by atoms with Crippen molar-refractivity contribution < 1.29 is 18.0 Å². The van der Waals surface area contributed by atoms with Crippen molar-refractivity contribution in [2.45, 2.75) is 13.1 Å². The van der Waals surface area contributed by atoms with Gasteiger partial charge in [-0.25, -0.2) is 0 Å².